The summed E-state index contributed by atoms with van der Waals surface area (Å²) in [6.45, 7) is 4.02. The van der Waals surface area contributed by atoms with Crippen LogP contribution < -0.4 is 28.3 Å². The second kappa shape index (κ2) is 20.2. The minimum Gasteiger partial charge on any atom is -0.442 e. The first kappa shape index (κ1) is 42.1. The van der Waals surface area contributed by atoms with Crippen molar-refractivity contribution in [1.29, 1.82) is 0 Å². The van der Waals surface area contributed by atoms with Gasteiger partial charge in [0.1, 0.15) is 0 Å². The van der Waals surface area contributed by atoms with Crippen molar-refractivity contribution in [3.8, 4) is 0 Å². The molecule has 4 rings (SSSR count). The molecule has 290 valence electrons. The van der Waals surface area contributed by atoms with Gasteiger partial charge in [0, 0.05) is 43.1 Å². The summed E-state index contributed by atoms with van der Waals surface area (Å²) in [5.74, 6) is -2.34. The molecule has 55 heavy (non-hydrogen) atoms. The normalized spacial score (nSPS) is 15.2. The van der Waals surface area contributed by atoms with Crippen molar-refractivity contribution < 1.29 is 23.9 Å². The third-order valence-corrected chi connectivity index (χ3v) is 9.82. The first-order valence-corrected chi connectivity index (χ1v) is 18.5. The summed E-state index contributed by atoms with van der Waals surface area (Å²) in [5.41, 5.74) is 26.1. The molecule has 11 heteroatoms. The monoisotopic (exact) mass is 746 g/mol. The number of nitrogens with zero attached hydrogens (tertiary/aromatic N) is 1. The van der Waals surface area contributed by atoms with Gasteiger partial charge in [-0.15, -0.1) is 0 Å². The number of hydrogen-bond acceptors (Lipinski definition) is 8. The predicted octanol–water partition coefficient (Wildman–Crippen LogP) is 4.33. The molecule has 4 aromatic carbocycles. The lowest BCUT2D eigenvalue weighted by Crippen LogP contribution is -2.56. The Morgan fingerprint density at radius 2 is 1.15 bits per heavy atom. The van der Waals surface area contributed by atoms with Gasteiger partial charge in [-0.25, -0.2) is 4.79 Å². The first-order chi connectivity index (χ1) is 26.3. The molecule has 3 unspecified atom stereocenters. The van der Waals surface area contributed by atoms with Crippen LogP contribution in [0.3, 0.4) is 0 Å². The van der Waals surface area contributed by atoms with E-state index in [1.165, 1.54) is 6.08 Å². The van der Waals surface area contributed by atoms with Gasteiger partial charge in [-0.3, -0.25) is 19.7 Å². The van der Waals surface area contributed by atoms with Crippen molar-refractivity contribution >= 4 is 23.7 Å². The van der Waals surface area contributed by atoms with Gasteiger partial charge >= 0.3 is 5.97 Å². The van der Waals surface area contributed by atoms with Crippen LogP contribution in [0.15, 0.2) is 133 Å². The highest BCUT2D eigenvalue weighted by atomic mass is 16.6. The van der Waals surface area contributed by atoms with Crippen LogP contribution in [0.25, 0.3) is 0 Å². The number of benzene rings is 4. The van der Waals surface area contributed by atoms with E-state index in [1.54, 1.807) is 4.90 Å². The van der Waals surface area contributed by atoms with Crippen LogP contribution in [0.1, 0.15) is 61.8 Å². The Kier molecular flexibility index (Phi) is 15.4. The molecule has 0 aliphatic rings. The summed E-state index contributed by atoms with van der Waals surface area (Å²) >= 11 is 0. The predicted molar refractivity (Wildman–Crippen MR) is 215 cm³/mol. The van der Waals surface area contributed by atoms with E-state index >= 15 is 0 Å². The van der Waals surface area contributed by atoms with E-state index in [0.717, 1.165) is 28.3 Å². The van der Waals surface area contributed by atoms with E-state index in [9.17, 15) is 19.2 Å². The molecule has 0 saturated carbocycles. The molecular weight excluding hydrogens is 693 g/mol. The number of carbonyl (C=O) groups is 4. The Hall–Kier alpha value is -5.62. The van der Waals surface area contributed by atoms with Crippen molar-refractivity contribution in [3.05, 3.63) is 156 Å². The number of nitrogens with one attached hydrogen (secondary N) is 1. The molecule has 0 heterocycles. The van der Waals surface area contributed by atoms with Crippen LogP contribution in [0.4, 0.5) is 0 Å². The zero-order chi connectivity index (χ0) is 39.8. The van der Waals surface area contributed by atoms with Crippen molar-refractivity contribution in [3.63, 3.8) is 0 Å². The summed E-state index contributed by atoms with van der Waals surface area (Å²) < 4.78 is 5.98. The van der Waals surface area contributed by atoms with Gasteiger partial charge in [-0.05, 0) is 61.8 Å². The molecule has 9 N–H and O–H groups in total. The lowest BCUT2D eigenvalue weighted by molar-refractivity contribution is -0.147. The Bertz CT molecular complexity index is 1860. The molecule has 0 aliphatic heterocycles. The van der Waals surface area contributed by atoms with Gasteiger partial charge in [0.25, 0.3) is 0 Å². The van der Waals surface area contributed by atoms with Crippen molar-refractivity contribution in [2.45, 2.75) is 81.8 Å². The molecule has 0 spiro atoms. The fraction of sp³-hybridized carbons (Fsp3) is 0.318. The van der Waals surface area contributed by atoms with E-state index in [0.29, 0.717) is 12.8 Å². The number of carbonyl (C=O) groups excluding carboxylic acids is 4. The molecule has 0 aromatic heterocycles. The molecule has 0 radical (unpaired) electrons. The Balaban J connectivity index is 1.66. The van der Waals surface area contributed by atoms with Crippen LogP contribution in [0.2, 0.25) is 0 Å². The molecule has 0 bridgehead atoms. The van der Waals surface area contributed by atoms with E-state index < -0.39 is 53.1 Å². The quantitative estimate of drug-likeness (QED) is 0.0472. The summed E-state index contributed by atoms with van der Waals surface area (Å²) in [7, 11) is 0. The second-order valence-electron chi connectivity index (χ2n) is 14.4. The van der Waals surface area contributed by atoms with Gasteiger partial charge in [0.15, 0.2) is 6.23 Å². The van der Waals surface area contributed by atoms with Crippen LogP contribution >= 0.6 is 0 Å². The molecule has 0 saturated heterocycles. The molecular formula is C44H54N6O5. The summed E-state index contributed by atoms with van der Waals surface area (Å²) in [4.78, 5) is 53.0. The van der Waals surface area contributed by atoms with E-state index in [-0.39, 0.29) is 32.2 Å². The van der Waals surface area contributed by atoms with Gasteiger partial charge < -0.3 is 32.6 Å². The van der Waals surface area contributed by atoms with Crippen LogP contribution in [0, 0.1) is 0 Å². The minimum atomic E-state index is -1.08. The molecule has 4 aromatic rings. The maximum absolute atomic E-state index is 14.3. The van der Waals surface area contributed by atoms with E-state index in [1.807, 2.05) is 135 Å². The van der Waals surface area contributed by atoms with Crippen LogP contribution in [-0.2, 0) is 47.8 Å². The van der Waals surface area contributed by atoms with E-state index in [4.69, 9.17) is 27.7 Å². The topological polar surface area (TPSA) is 197 Å². The van der Waals surface area contributed by atoms with Crippen LogP contribution in [-0.4, -0.2) is 53.4 Å². The standard InChI is InChI=1S/C44H54N6O5/c1-43(34-19-11-5-12-20-34,29-32-15-7-3-8-16-32)49-42(37(46)24-26-39(48)52)55-41(54)28-27-40(53)50(31-36(45)23-25-38(47)51)44(2,35-21-13-6-14-22-35)30-33-17-9-4-10-18-33/h3-22,27-28,36-37,42,49H,23-26,29-31,45-46H2,1-2H3,(H2,47,51)(H2,48,52)/b28-27-/t36-,37-,42?,43?,44?/m1/s1. The lowest BCUT2D eigenvalue weighted by Gasteiger charge is -2.43. The number of esters is 1. The third kappa shape index (κ3) is 12.7. The van der Waals surface area contributed by atoms with E-state index in [2.05, 4.69) is 5.32 Å². The average Bonchev–Trinajstić information content (AvgIpc) is 3.18. The molecule has 5 atom stereocenters. The number of nitrogens with two attached hydrogens (primary N) is 4. The summed E-state index contributed by atoms with van der Waals surface area (Å²) in [5, 5.41) is 3.48. The number of primary amides is 2. The molecule has 0 fully saturated rings. The number of hydrogen-bond donors (Lipinski definition) is 5. The summed E-state index contributed by atoms with van der Waals surface area (Å²) in [6.07, 6.45) is 2.57. The lowest BCUT2D eigenvalue weighted by atomic mass is 9.83. The van der Waals surface area contributed by atoms with Gasteiger partial charge in [0.2, 0.25) is 17.7 Å². The Labute approximate surface area is 324 Å². The molecule has 0 aliphatic carbocycles. The summed E-state index contributed by atoms with van der Waals surface area (Å²) in [6, 6.07) is 37.5. The van der Waals surface area contributed by atoms with Crippen LogP contribution in [0.5, 0.6) is 0 Å². The Morgan fingerprint density at radius 3 is 1.67 bits per heavy atom. The number of rotatable bonds is 21. The second-order valence-corrected chi connectivity index (χ2v) is 14.4. The Morgan fingerprint density at radius 1 is 0.673 bits per heavy atom. The maximum atomic E-state index is 14.3. The van der Waals surface area contributed by atoms with Crippen molar-refractivity contribution in [2.75, 3.05) is 6.54 Å². The maximum Gasteiger partial charge on any atom is 0.332 e. The zero-order valence-corrected chi connectivity index (χ0v) is 31.7. The SMILES string of the molecule is CC(Cc1ccccc1)(NC(OC(=O)/C=C\C(=O)N(C[C@H](N)CCC(N)=O)C(C)(Cc1ccccc1)c1ccccc1)[C@H](N)CCC(N)=O)c1ccccc1. The molecule has 11 nitrogen and oxygen atoms in total. The minimum absolute atomic E-state index is 0.0174. The highest BCUT2D eigenvalue weighted by Crippen LogP contribution is 2.33. The van der Waals surface area contributed by atoms with Gasteiger partial charge in [0.05, 0.1) is 11.6 Å². The number of amides is 3. The van der Waals surface area contributed by atoms with Crippen molar-refractivity contribution in [2.24, 2.45) is 22.9 Å². The zero-order valence-electron chi connectivity index (χ0n) is 31.7. The molecule has 3 amide bonds. The number of ether oxygens (including phenoxy) is 1. The fourth-order valence-electron chi connectivity index (χ4n) is 6.77. The van der Waals surface area contributed by atoms with Gasteiger partial charge in [-0.2, -0.15) is 0 Å². The smallest absolute Gasteiger partial charge is 0.332 e. The van der Waals surface area contributed by atoms with Crippen molar-refractivity contribution in [1.82, 2.24) is 10.2 Å². The highest BCUT2D eigenvalue weighted by molar-refractivity contribution is 5.95. The fourth-order valence-corrected chi connectivity index (χ4v) is 6.77. The average molecular weight is 747 g/mol. The third-order valence-electron chi connectivity index (χ3n) is 9.82. The first-order valence-electron chi connectivity index (χ1n) is 18.5. The largest absolute Gasteiger partial charge is 0.442 e. The van der Waals surface area contributed by atoms with Gasteiger partial charge in [-0.1, -0.05) is 121 Å². The highest BCUT2D eigenvalue weighted by Gasteiger charge is 2.38.